The summed E-state index contributed by atoms with van der Waals surface area (Å²) in [6.07, 6.45) is 3.75. The van der Waals surface area contributed by atoms with E-state index >= 15 is 0 Å². The Kier molecular flexibility index (Phi) is 7.66. The molecule has 0 fully saturated rings. The van der Waals surface area contributed by atoms with E-state index in [0.29, 0.717) is 26.4 Å². The van der Waals surface area contributed by atoms with Crippen LogP contribution >= 0.6 is 23.1 Å². The highest BCUT2D eigenvalue weighted by molar-refractivity contribution is 7.98. The molecule has 1 aliphatic heterocycles. The first-order valence-electron chi connectivity index (χ1n) is 11.6. The third-order valence-electron chi connectivity index (χ3n) is 5.91. The SMILES string of the molecule is CCOC(=O)C1=C(C)N=c2s/c(=C\c3ccc(N(CC)CC)o3)c(=O)n2[C@H]1c1ccc(SC)cc1. The summed E-state index contributed by atoms with van der Waals surface area (Å²) in [4.78, 5) is 35.0. The molecule has 0 saturated carbocycles. The summed E-state index contributed by atoms with van der Waals surface area (Å²) in [7, 11) is 0. The van der Waals surface area contributed by atoms with Gasteiger partial charge in [0.15, 0.2) is 10.7 Å². The Labute approximate surface area is 212 Å². The molecule has 1 aromatic carbocycles. The lowest BCUT2D eigenvalue weighted by Gasteiger charge is -2.24. The second-order valence-corrected chi connectivity index (χ2v) is 9.81. The Morgan fingerprint density at radius 3 is 2.54 bits per heavy atom. The summed E-state index contributed by atoms with van der Waals surface area (Å²) >= 11 is 2.92. The lowest BCUT2D eigenvalue weighted by molar-refractivity contribution is -0.139. The van der Waals surface area contributed by atoms with Crippen molar-refractivity contribution in [1.82, 2.24) is 4.57 Å². The van der Waals surface area contributed by atoms with E-state index in [0.717, 1.165) is 29.4 Å². The zero-order chi connectivity index (χ0) is 25.1. The maximum atomic E-state index is 13.7. The third-order valence-corrected chi connectivity index (χ3v) is 7.64. The predicted molar refractivity (Wildman–Crippen MR) is 141 cm³/mol. The van der Waals surface area contributed by atoms with Crippen molar-refractivity contribution in [2.45, 2.75) is 38.6 Å². The van der Waals surface area contributed by atoms with Gasteiger partial charge in [0.2, 0.25) is 0 Å². The van der Waals surface area contributed by atoms with Gasteiger partial charge in [-0.05, 0) is 57.7 Å². The van der Waals surface area contributed by atoms with Crippen LogP contribution in [0, 0.1) is 0 Å². The molecule has 4 rings (SSSR count). The van der Waals surface area contributed by atoms with Crippen LogP contribution in [0.15, 0.2) is 66.8 Å². The largest absolute Gasteiger partial charge is 0.463 e. The van der Waals surface area contributed by atoms with E-state index in [9.17, 15) is 9.59 Å². The molecule has 3 aromatic rings. The minimum absolute atomic E-state index is 0.220. The number of benzene rings is 1. The average molecular weight is 512 g/mol. The van der Waals surface area contributed by atoms with E-state index in [1.54, 1.807) is 36.3 Å². The Morgan fingerprint density at radius 2 is 1.91 bits per heavy atom. The molecule has 184 valence electrons. The normalized spacial score (nSPS) is 15.7. The van der Waals surface area contributed by atoms with E-state index in [2.05, 4.69) is 23.7 Å². The van der Waals surface area contributed by atoms with Crippen LogP contribution in [0.25, 0.3) is 6.08 Å². The summed E-state index contributed by atoms with van der Waals surface area (Å²) in [5, 5.41) is 0. The minimum Gasteiger partial charge on any atom is -0.463 e. The highest BCUT2D eigenvalue weighted by Gasteiger charge is 2.33. The van der Waals surface area contributed by atoms with Crippen molar-refractivity contribution in [3.63, 3.8) is 0 Å². The molecule has 0 radical (unpaired) electrons. The molecule has 0 N–H and O–H groups in total. The number of allylic oxidation sites excluding steroid dienone is 1. The van der Waals surface area contributed by atoms with Crippen LogP contribution in [0.3, 0.4) is 0 Å². The smallest absolute Gasteiger partial charge is 0.338 e. The molecule has 9 heteroatoms. The van der Waals surface area contributed by atoms with Gasteiger partial charge in [0.05, 0.1) is 28.5 Å². The number of ether oxygens (including phenoxy) is 1. The van der Waals surface area contributed by atoms with E-state index in [-0.39, 0.29) is 12.2 Å². The van der Waals surface area contributed by atoms with E-state index < -0.39 is 12.0 Å². The fourth-order valence-electron chi connectivity index (χ4n) is 4.15. The summed E-state index contributed by atoms with van der Waals surface area (Å²) < 4.78 is 13.4. The summed E-state index contributed by atoms with van der Waals surface area (Å²) in [5.41, 5.74) is 1.54. The van der Waals surface area contributed by atoms with Crippen molar-refractivity contribution < 1.29 is 13.9 Å². The van der Waals surface area contributed by atoms with Gasteiger partial charge in [-0.1, -0.05) is 23.5 Å². The van der Waals surface area contributed by atoms with Crippen molar-refractivity contribution in [3.8, 4) is 0 Å². The molecule has 0 unspecified atom stereocenters. The summed E-state index contributed by atoms with van der Waals surface area (Å²) in [6, 6.07) is 11.0. The second-order valence-electron chi connectivity index (χ2n) is 7.92. The first-order valence-corrected chi connectivity index (χ1v) is 13.6. The summed E-state index contributed by atoms with van der Waals surface area (Å²) in [6.45, 7) is 9.59. The van der Waals surface area contributed by atoms with Crippen molar-refractivity contribution in [2.75, 3.05) is 30.9 Å². The maximum absolute atomic E-state index is 13.7. The molecule has 0 bridgehead atoms. The van der Waals surface area contributed by atoms with Gasteiger partial charge >= 0.3 is 5.97 Å². The first kappa shape index (κ1) is 25.1. The highest BCUT2D eigenvalue weighted by atomic mass is 32.2. The van der Waals surface area contributed by atoms with Crippen LogP contribution < -0.4 is 19.8 Å². The standard InChI is InChI=1S/C26H29N3O4S2/c1-6-28(7-2)21-14-11-18(33-21)15-20-24(30)29-23(17-9-12-19(34-5)13-10-17)22(25(31)32-8-3)16(4)27-26(29)35-20/h9-15,23H,6-8H2,1-5H3/b20-15-/t23-/m0/s1. The number of carbonyl (C=O) groups is 1. The maximum Gasteiger partial charge on any atom is 0.338 e. The second kappa shape index (κ2) is 10.7. The van der Waals surface area contributed by atoms with E-state index in [1.165, 1.54) is 11.3 Å². The zero-order valence-corrected chi connectivity index (χ0v) is 22.2. The van der Waals surface area contributed by atoms with Crippen LogP contribution in [0.4, 0.5) is 5.88 Å². The van der Waals surface area contributed by atoms with Crippen LogP contribution in [-0.4, -0.2) is 36.5 Å². The number of thioether (sulfide) groups is 1. The number of fused-ring (bicyclic) bond motifs is 1. The fraction of sp³-hybridized carbons (Fsp3) is 0.346. The zero-order valence-electron chi connectivity index (χ0n) is 20.5. The first-order chi connectivity index (χ1) is 16.9. The number of nitrogens with zero attached hydrogens (tertiary/aromatic N) is 3. The molecule has 0 amide bonds. The molecule has 0 aliphatic carbocycles. The minimum atomic E-state index is -0.619. The predicted octanol–water partition coefficient (Wildman–Crippen LogP) is 3.96. The molecule has 1 atom stereocenters. The number of furan rings is 1. The van der Waals surface area contributed by atoms with Gasteiger partial charge in [0, 0.05) is 30.1 Å². The molecular weight excluding hydrogens is 482 g/mol. The molecule has 0 saturated heterocycles. The Morgan fingerprint density at radius 1 is 1.20 bits per heavy atom. The molecule has 35 heavy (non-hydrogen) atoms. The van der Waals surface area contributed by atoms with Gasteiger partial charge in [-0.3, -0.25) is 9.36 Å². The number of hydrogen-bond acceptors (Lipinski definition) is 8. The van der Waals surface area contributed by atoms with Crippen molar-refractivity contribution >= 4 is 41.0 Å². The quantitative estimate of drug-likeness (QED) is 0.337. The molecular formula is C26H29N3O4S2. The van der Waals surface area contributed by atoms with E-state index in [4.69, 9.17) is 9.15 Å². The Balaban J connectivity index is 1.87. The van der Waals surface area contributed by atoms with Gasteiger partial charge in [-0.25, -0.2) is 9.79 Å². The van der Waals surface area contributed by atoms with Crippen LogP contribution in [0.5, 0.6) is 0 Å². The molecule has 0 spiro atoms. The van der Waals surface area contributed by atoms with Crippen molar-refractivity contribution in [1.29, 1.82) is 0 Å². The van der Waals surface area contributed by atoms with Gasteiger partial charge in [0.25, 0.3) is 5.56 Å². The van der Waals surface area contributed by atoms with Gasteiger partial charge in [0.1, 0.15) is 5.76 Å². The highest BCUT2D eigenvalue weighted by Crippen LogP contribution is 2.31. The lowest BCUT2D eigenvalue weighted by atomic mass is 9.96. The van der Waals surface area contributed by atoms with Crippen LogP contribution in [0.1, 0.15) is 45.1 Å². The number of anilines is 1. The van der Waals surface area contributed by atoms with Gasteiger partial charge < -0.3 is 14.1 Å². The third kappa shape index (κ3) is 4.88. The van der Waals surface area contributed by atoms with Gasteiger partial charge in [-0.2, -0.15) is 0 Å². The average Bonchev–Trinajstić information content (AvgIpc) is 3.43. The number of rotatable bonds is 8. The number of thiazole rings is 1. The molecule has 7 nitrogen and oxygen atoms in total. The Bertz CT molecular complexity index is 1430. The topological polar surface area (TPSA) is 77.0 Å². The van der Waals surface area contributed by atoms with Gasteiger partial charge in [-0.15, -0.1) is 11.8 Å². The van der Waals surface area contributed by atoms with Crippen LogP contribution in [-0.2, 0) is 9.53 Å². The molecule has 1 aliphatic rings. The fourth-order valence-corrected chi connectivity index (χ4v) is 5.58. The van der Waals surface area contributed by atoms with Crippen LogP contribution in [0.2, 0.25) is 0 Å². The van der Waals surface area contributed by atoms with E-state index in [1.807, 2.05) is 42.7 Å². The number of hydrogen-bond donors (Lipinski definition) is 0. The lowest BCUT2D eigenvalue weighted by Crippen LogP contribution is -2.39. The van der Waals surface area contributed by atoms with Crippen molar-refractivity contribution in [3.05, 3.63) is 78.7 Å². The molecule has 3 heterocycles. The number of aromatic nitrogens is 1. The summed E-state index contributed by atoms with van der Waals surface area (Å²) in [5.74, 6) is 0.900. The number of esters is 1. The molecule has 2 aromatic heterocycles. The Hall–Kier alpha value is -3.04. The number of carbonyl (C=O) groups excluding carboxylic acids is 1. The van der Waals surface area contributed by atoms with Crippen molar-refractivity contribution in [2.24, 2.45) is 4.99 Å². The monoisotopic (exact) mass is 511 g/mol.